The lowest BCUT2D eigenvalue weighted by molar-refractivity contribution is 0.462. The Bertz CT molecular complexity index is 573. The summed E-state index contributed by atoms with van der Waals surface area (Å²) in [6, 6.07) is 4.65. The number of hydrogen-bond donors (Lipinski definition) is 1. The molecule has 0 spiro atoms. The highest BCUT2D eigenvalue weighted by Crippen LogP contribution is 2.31. The Kier molecular flexibility index (Phi) is 4.49. The zero-order chi connectivity index (χ0) is 13.9. The number of thiophene rings is 1. The average molecular weight is 309 g/mol. The van der Waals surface area contributed by atoms with Gasteiger partial charge in [-0.15, -0.1) is 11.3 Å². The van der Waals surface area contributed by atoms with Gasteiger partial charge in [0.1, 0.15) is 0 Å². The summed E-state index contributed by atoms with van der Waals surface area (Å²) in [7, 11) is 0. The predicted octanol–water partition coefficient (Wildman–Crippen LogP) is 4.63. The summed E-state index contributed by atoms with van der Waals surface area (Å²) in [6.45, 7) is 4.27. The Balaban J connectivity index is 1.76. The highest BCUT2D eigenvalue weighted by Gasteiger charge is 2.21. The molecule has 20 heavy (non-hydrogen) atoms. The van der Waals surface area contributed by atoms with E-state index in [0.29, 0.717) is 6.04 Å². The summed E-state index contributed by atoms with van der Waals surface area (Å²) in [4.78, 5) is 1.32. The smallest absolute Gasteiger partial charge is 0.0931 e. The molecule has 0 bridgehead atoms. The van der Waals surface area contributed by atoms with E-state index in [1.807, 2.05) is 6.07 Å². The fourth-order valence-corrected chi connectivity index (χ4v) is 4.08. The number of nitrogens with zero attached hydrogens (tertiary/aromatic N) is 1. The molecule has 3 rings (SSSR count). The SMILES string of the molecule is CCCNC1CCCc2cn(Cc3ccc(Cl)s3)cc21. The minimum absolute atomic E-state index is 0.548. The van der Waals surface area contributed by atoms with E-state index < -0.39 is 0 Å². The third-order valence-electron chi connectivity index (χ3n) is 3.92. The van der Waals surface area contributed by atoms with Crippen LogP contribution < -0.4 is 5.32 Å². The number of hydrogen-bond acceptors (Lipinski definition) is 2. The zero-order valence-corrected chi connectivity index (χ0v) is 13.4. The lowest BCUT2D eigenvalue weighted by atomic mass is 9.91. The van der Waals surface area contributed by atoms with E-state index in [0.717, 1.165) is 17.4 Å². The lowest BCUT2D eigenvalue weighted by Crippen LogP contribution is -2.24. The van der Waals surface area contributed by atoms with Crippen LogP contribution in [0.1, 0.15) is 48.2 Å². The number of aromatic nitrogens is 1. The van der Waals surface area contributed by atoms with Crippen molar-refractivity contribution in [3.8, 4) is 0 Å². The van der Waals surface area contributed by atoms with Crippen LogP contribution >= 0.6 is 22.9 Å². The van der Waals surface area contributed by atoms with Gasteiger partial charge >= 0.3 is 0 Å². The van der Waals surface area contributed by atoms with E-state index in [9.17, 15) is 0 Å². The first-order valence-corrected chi connectivity index (χ1v) is 8.62. The van der Waals surface area contributed by atoms with Gasteiger partial charge in [-0.2, -0.15) is 0 Å². The molecule has 2 nitrogen and oxygen atoms in total. The third kappa shape index (κ3) is 3.11. The average Bonchev–Trinajstić information content (AvgIpc) is 3.02. The monoisotopic (exact) mass is 308 g/mol. The summed E-state index contributed by atoms with van der Waals surface area (Å²) in [6.07, 6.45) is 9.63. The maximum Gasteiger partial charge on any atom is 0.0931 e. The van der Waals surface area contributed by atoms with E-state index in [-0.39, 0.29) is 0 Å². The van der Waals surface area contributed by atoms with Crippen LogP contribution in [0.2, 0.25) is 4.34 Å². The van der Waals surface area contributed by atoms with Gasteiger partial charge in [0.2, 0.25) is 0 Å². The Morgan fingerprint density at radius 1 is 1.40 bits per heavy atom. The number of fused-ring (bicyclic) bond motifs is 1. The predicted molar refractivity (Wildman–Crippen MR) is 86.8 cm³/mol. The molecule has 108 valence electrons. The third-order valence-corrected chi connectivity index (χ3v) is 5.14. The first-order chi connectivity index (χ1) is 9.76. The first-order valence-electron chi connectivity index (χ1n) is 7.42. The molecule has 0 saturated carbocycles. The van der Waals surface area contributed by atoms with Crippen molar-refractivity contribution in [2.45, 2.75) is 45.2 Å². The summed E-state index contributed by atoms with van der Waals surface area (Å²) < 4.78 is 3.19. The van der Waals surface area contributed by atoms with Crippen LogP contribution in [-0.2, 0) is 13.0 Å². The van der Waals surface area contributed by atoms with Crippen LogP contribution in [0.4, 0.5) is 0 Å². The van der Waals surface area contributed by atoms with Crippen LogP contribution in [0, 0.1) is 0 Å². The molecule has 0 aliphatic heterocycles. The van der Waals surface area contributed by atoms with Crippen molar-refractivity contribution in [1.82, 2.24) is 9.88 Å². The maximum absolute atomic E-state index is 6.01. The van der Waals surface area contributed by atoms with Crippen molar-refractivity contribution in [2.24, 2.45) is 0 Å². The zero-order valence-electron chi connectivity index (χ0n) is 11.9. The van der Waals surface area contributed by atoms with Crippen LogP contribution in [0.5, 0.6) is 0 Å². The van der Waals surface area contributed by atoms with Gasteiger partial charge in [0.25, 0.3) is 0 Å². The van der Waals surface area contributed by atoms with Gasteiger partial charge in [0.15, 0.2) is 0 Å². The Morgan fingerprint density at radius 3 is 3.05 bits per heavy atom. The molecular formula is C16H21ClN2S. The fourth-order valence-electron chi connectivity index (χ4n) is 2.99. The molecular weight excluding hydrogens is 288 g/mol. The first kappa shape index (κ1) is 14.2. The normalized spacial score (nSPS) is 18.2. The van der Waals surface area contributed by atoms with Gasteiger partial charge in [-0.1, -0.05) is 18.5 Å². The summed E-state index contributed by atoms with van der Waals surface area (Å²) in [5.74, 6) is 0. The summed E-state index contributed by atoms with van der Waals surface area (Å²) in [5.41, 5.74) is 3.03. The Labute approximate surface area is 129 Å². The van der Waals surface area contributed by atoms with Crippen LogP contribution in [0.3, 0.4) is 0 Å². The molecule has 0 saturated heterocycles. The van der Waals surface area contributed by atoms with Gasteiger partial charge in [0, 0.05) is 23.3 Å². The Morgan fingerprint density at radius 2 is 2.30 bits per heavy atom. The second-order valence-corrected chi connectivity index (χ2v) is 7.32. The molecule has 2 aromatic rings. The molecule has 1 unspecified atom stereocenters. The largest absolute Gasteiger partial charge is 0.348 e. The second-order valence-electron chi connectivity index (χ2n) is 5.52. The van der Waals surface area contributed by atoms with Gasteiger partial charge < -0.3 is 9.88 Å². The lowest BCUT2D eigenvalue weighted by Gasteiger charge is -2.23. The second kappa shape index (κ2) is 6.33. The molecule has 1 atom stereocenters. The van der Waals surface area contributed by atoms with Crippen molar-refractivity contribution in [3.05, 3.63) is 44.9 Å². The highest BCUT2D eigenvalue weighted by molar-refractivity contribution is 7.16. The number of aryl methyl sites for hydroxylation is 1. The summed E-state index contributed by atoms with van der Waals surface area (Å²) >= 11 is 7.68. The van der Waals surface area contributed by atoms with Gasteiger partial charge in [-0.25, -0.2) is 0 Å². The number of halogens is 1. The van der Waals surface area contributed by atoms with E-state index in [2.05, 4.69) is 35.3 Å². The van der Waals surface area contributed by atoms with Gasteiger partial charge in [0.05, 0.1) is 10.9 Å². The van der Waals surface area contributed by atoms with Crippen molar-refractivity contribution < 1.29 is 0 Å². The highest BCUT2D eigenvalue weighted by atomic mass is 35.5. The van der Waals surface area contributed by atoms with Crippen molar-refractivity contribution in [2.75, 3.05) is 6.54 Å². The molecule has 2 heterocycles. The molecule has 1 aliphatic carbocycles. The van der Waals surface area contributed by atoms with Crippen LogP contribution in [0.15, 0.2) is 24.5 Å². The van der Waals surface area contributed by atoms with E-state index in [4.69, 9.17) is 11.6 Å². The molecule has 0 aromatic carbocycles. The molecule has 1 aliphatic rings. The molecule has 4 heteroatoms. The number of rotatable bonds is 5. The van der Waals surface area contributed by atoms with Crippen LogP contribution in [-0.4, -0.2) is 11.1 Å². The van der Waals surface area contributed by atoms with E-state index in [1.165, 1.54) is 41.7 Å². The van der Waals surface area contributed by atoms with Gasteiger partial charge in [-0.05, 0) is 55.5 Å². The topological polar surface area (TPSA) is 17.0 Å². The maximum atomic E-state index is 6.01. The molecule has 0 fully saturated rings. The van der Waals surface area contributed by atoms with Crippen molar-refractivity contribution in [3.63, 3.8) is 0 Å². The standard InChI is InChI=1S/C16H21ClN2S/c1-2-8-18-15-5-3-4-12-9-19(11-14(12)15)10-13-6-7-16(17)20-13/h6-7,9,11,15,18H,2-5,8,10H2,1H3. The van der Waals surface area contributed by atoms with Crippen LogP contribution in [0.25, 0.3) is 0 Å². The quantitative estimate of drug-likeness (QED) is 0.852. The molecule has 0 amide bonds. The fraction of sp³-hybridized carbons (Fsp3) is 0.500. The minimum Gasteiger partial charge on any atom is -0.348 e. The van der Waals surface area contributed by atoms with Crippen molar-refractivity contribution >= 4 is 22.9 Å². The summed E-state index contributed by atoms with van der Waals surface area (Å²) in [5, 5.41) is 3.68. The Hall–Kier alpha value is -0.770. The minimum atomic E-state index is 0.548. The van der Waals surface area contributed by atoms with E-state index >= 15 is 0 Å². The molecule has 0 radical (unpaired) electrons. The van der Waals surface area contributed by atoms with Gasteiger partial charge in [-0.3, -0.25) is 0 Å². The molecule has 1 N–H and O–H groups in total. The van der Waals surface area contributed by atoms with Crippen molar-refractivity contribution in [1.29, 1.82) is 0 Å². The van der Waals surface area contributed by atoms with E-state index in [1.54, 1.807) is 11.3 Å². The molecule has 2 aromatic heterocycles. The number of nitrogens with one attached hydrogen (secondary N) is 1.